The first kappa shape index (κ1) is 17.8. The van der Waals surface area contributed by atoms with Gasteiger partial charge in [-0.1, -0.05) is 12.1 Å². The molecule has 3 rings (SSSR count). The lowest BCUT2D eigenvalue weighted by molar-refractivity contribution is -0.129. The summed E-state index contributed by atoms with van der Waals surface area (Å²) in [6.07, 6.45) is 2.64. The molecule has 1 fully saturated rings. The van der Waals surface area contributed by atoms with Crippen molar-refractivity contribution in [2.24, 2.45) is 0 Å². The second kappa shape index (κ2) is 8.42. The van der Waals surface area contributed by atoms with Crippen LogP contribution in [0.4, 0.5) is 11.5 Å². The Morgan fingerprint density at radius 2 is 1.77 bits per heavy atom. The van der Waals surface area contributed by atoms with Crippen LogP contribution in [-0.4, -0.2) is 46.5 Å². The lowest BCUT2D eigenvalue weighted by Crippen LogP contribution is -2.29. The summed E-state index contributed by atoms with van der Waals surface area (Å²) in [6.45, 7) is 4.16. The SMILES string of the molecule is CCNC(=O)c1ccc(Nc2ccc(CC(=O)N3CCCC3)cc2)nn1. The predicted octanol–water partition coefficient (Wildman–Crippen LogP) is 2.13. The molecule has 0 saturated carbocycles. The molecule has 26 heavy (non-hydrogen) atoms. The van der Waals surface area contributed by atoms with Crippen LogP contribution in [0, 0.1) is 0 Å². The van der Waals surface area contributed by atoms with Gasteiger partial charge in [-0.15, -0.1) is 10.2 Å². The number of carbonyl (C=O) groups excluding carboxylic acids is 2. The van der Waals surface area contributed by atoms with E-state index in [0.717, 1.165) is 37.2 Å². The summed E-state index contributed by atoms with van der Waals surface area (Å²) in [4.78, 5) is 25.8. The van der Waals surface area contributed by atoms with Crippen molar-refractivity contribution in [3.8, 4) is 0 Å². The number of nitrogens with one attached hydrogen (secondary N) is 2. The zero-order chi connectivity index (χ0) is 18.4. The number of hydrogen-bond donors (Lipinski definition) is 2. The van der Waals surface area contributed by atoms with Crippen molar-refractivity contribution in [1.29, 1.82) is 0 Å². The molecule has 2 amide bonds. The average Bonchev–Trinajstić information content (AvgIpc) is 3.19. The van der Waals surface area contributed by atoms with Gasteiger partial charge in [0.2, 0.25) is 5.91 Å². The van der Waals surface area contributed by atoms with Gasteiger partial charge in [-0.05, 0) is 49.6 Å². The Morgan fingerprint density at radius 1 is 1.04 bits per heavy atom. The fourth-order valence-corrected chi connectivity index (χ4v) is 2.88. The zero-order valence-corrected chi connectivity index (χ0v) is 14.9. The van der Waals surface area contributed by atoms with Crippen LogP contribution in [0.2, 0.25) is 0 Å². The largest absolute Gasteiger partial charge is 0.351 e. The van der Waals surface area contributed by atoms with Gasteiger partial charge in [0.05, 0.1) is 6.42 Å². The summed E-state index contributed by atoms with van der Waals surface area (Å²) in [5.74, 6) is 0.507. The molecule has 0 unspecified atom stereocenters. The normalized spacial score (nSPS) is 13.5. The molecule has 0 radical (unpaired) electrons. The van der Waals surface area contributed by atoms with Crippen molar-refractivity contribution in [2.45, 2.75) is 26.2 Å². The summed E-state index contributed by atoms with van der Waals surface area (Å²) in [7, 11) is 0. The molecule has 2 N–H and O–H groups in total. The fourth-order valence-electron chi connectivity index (χ4n) is 2.88. The van der Waals surface area contributed by atoms with Crippen molar-refractivity contribution >= 4 is 23.3 Å². The van der Waals surface area contributed by atoms with Gasteiger partial charge in [0.15, 0.2) is 11.5 Å². The molecule has 7 nitrogen and oxygen atoms in total. The molecule has 136 valence electrons. The van der Waals surface area contributed by atoms with E-state index in [1.54, 1.807) is 12.1 Å². The van der Waals surface area contributed by atoms with Crippen LogP contribution < -0.4 is 10.6 Å². The molecule has 0 atom stereocenters. The van der Waals surface area contributed by atoms with E-state index in [9.17, 15) is 9.59 Å². The maximum absolute atomic E-state index is 12.2. The standard InChI is InChI=1S/C19H23N5O2/c1-2-20-19(26)16-9-10-17(23-22-16)21-15-7-5-14(6-8-15)13-18(25)24-11-3-4-12-24/h5-10H,2-4,11-13H2,1H3,(H,20,26)(H,21,23). The monoisotopic (exact) mass is 353 g/mol. The number of amides is 2. The topological polar surface area (TPSA) is 87.2 Å². The average molecular weight is 353 g/mol. The second-order valence-corrected chi connectivity index (χ2v) is 6.25. The Hall–Kier alpha value is -2.96. The Morgan fingerprint density at radius 3 is 2.38 bits per heavy atom. The van der Waals surface area contributed by atoms with Crippen LogP contribution in [0.5, 0.6) is 0 Å². The fraction of sp³-hybridized carbons (Fsp3) is 0.368. The smallest absolute Gasteiger partial charge is 0.271 e. The minimum Gasteiger partial charge on any atom is -0.351 e. The third-order valence-corrected chi connectivity index (χ3v) is 4.27. The first-order valence-corrected chi connectivity index (χ1v) is 8.91. The van der Waals surface area contributed by atoms with Crippen molar-refractivity contribution < 1.29 is 9.59 Å². The quantitative estimate of drug-likeness (QED) is 0.831. The predicted molar refractivity (Wildman–Crippen MR) is 99.3 cm³/mol. The molecule has 7 heteroatoms. The zero-order valence-electron chi connectivity index (χ0n) is 14.9. The maximum Gasteiger partial charge on any atom is 0.271 e. The van der Waals surface area contributed by atoms with Gasteiger partial charge in [-0.25, -0.2) is 0 Å². The lowest BCUT2D eigenvalue weighted by atomic mass is 10.1. The number of anilines is 2. The Bertz CT molecular complexity index is 753. The molecule has 0 spiro atoms. The van der Waals surface area contributed by atoms with Gasteiger partial charge in [0.1, 0.15) is 0 Å². The first-order chi connectivity index (χ1) is 12.7. The highest BCUT2D eigenvalue weighted by molar-refractivity contribution is 5.92. The number of hydrogen-bond acceptors (Lipinski definition) is 5. The molecule has 1 aromatic heterocycles. The van der Waals surface area contributed by atoms with E-state index >= 15 is 0 Å². The Balaban J connectivity index is 1.57. The van der Waals surface area contributed by atoms with E-state index in [2.05, 4.69) is 20.8 Å². The van der Waals surface area contributed by atoms with Crippen LogP contribution in [0.1, 0.15) is 35.8 Å². The van der Waals surface area contributed by atoms with Gasteiger partial charge in [0.25, 0.3) is 5.91 Å². The van der Waals surface area contributed by atoms with E-state index in [1.807, 2.05) is 36.1 Å². The molecule has 1 saturated heterocycles. The van der Waals surface area contributed by atoms with Crippen LogP contribution >= 0.6 is 0 Å². The van der Waals surface area contributed by atoms with E-state index in [-0.39, 0.29) is 17.5 Å². The molecule has 1 aliphatic rings. The number of nitrogens with zero attached hydrogens (tertiary/aromatic N) is 3. The molecule has 0 aliphatic carbocycles. The highest BCUT2D eigenvalue weighted by atomic mass is 16.2. The minimum atomic E-state index is -0.237. The lowest BCUT2D eigenvalue weighted by Gasteiger charge is -2.15. The van der Waals surface area contributed by atoms with Gasteiger partial charge in [-0.3, -0.25) is 9.59 Å². The van der Waals surface area contributed by atoms with Crippen molar-refractivity contribution in [3.63, 3.8) is 0 Å². The van der Waals surface area contributed by atoms with Crippen molar-refractivity contribution in [3.05, 3.63) is 47.7 Å². The highest BCUT2D eigenvalue weighted by Crippen LogP contribution is 2.16. The Labute approximate surface area is 152 Å². The molecular weight excluding hydrogens is 330 g/mol. The molecule has 1 aliphatic heterocycles. The molecule has 2 heterocycles. The summed E-state index contributed by atoms with van der Waals surface area (Å²) >= 11 is 0. The minimum absolute atomic E-state index is 0.190. The van der Waals surface area contributed by atoms with E-state index in [1.165, 1.54) is 0 Å². The summed E-state index contributed by atoms with van der Waals surface area (Å²) in [5, 5.41) is 13.8. The van der Waals surface area contributed by atoms with E-state index < -0.39 is 0 Å². The molecule has 2 aromatic rings. The third kappa shape index (κ3) is 4.56. The number of rotatable bonds is 6. The number of benzene rings is 1. The van der Waals surface area contributed by atoms with Crippen molar-refractivity contribution in [2.75, 3.05) is 25.0 Å². The molecular formula is C19H23N5O2. The third-order valence-electron chi connectivity index (χ3n) is 4.27. The summed E-state index contributed by atoms with van der Waals surface area (Å²) in [5.41, 5.74) is 2.13. The van der Waals surface area contributed by atoms with Crippen LogP contribution in [-0.2, 0) is 11.2 Å². The number of likely N-dealkylation sites (tertiary alicyclic amines) is 1. The van der Waals surface area contributed by atoms with Crippen LogP contribution in [0.3, 0.4) is 0 Å². The van der Waals surface area contributed by atoms with E-state index in [0.29, 0.717) is 18.8 Å². The Kier molecular flexibility index (Phi) is 5.78. The second-order valence-electron chi connectivity index (χ2n) is 6.25. The van der Waals surface area contributed by atoms with Gasteiger partial charge in [0, 0.05) is 25.3 Å². The van der Waals surface area contributed by atoms with Gasteiger partial charge < -0.3 is 15.5 Å². The first-order valence-electron chi connectivity index (χ1n) is 8.91. The summed E-state index contributed by atoms with van der Waals surface area (Å²) < 4.78 is 0. The van der Waals surface area contributed by atoms with Crippen LogP contribution in [0.25, 0.3) is 0 Å². The van der Waals surface area contributed by atoms with Crippen LogP contribution in [0.15, 0.2) is 36.4 Å². The number of aromatic nitrogens is 2. The summed E-state index contributed by atoms with van der Waals surface area (Å²) in [6, 6.07) is 11.0. The van der Waals surface area contributed by atoms with E-state index in [4.69, 9.17) is 0 Å². The highest BCUT2D eigenvalue weighted by Gasteiger charge is 2.17. The van der Waals surface area contributed by atoms with Crippen molar-refractivity contribution in [1.82, 2.24) is 20.4 Å². The number of carbonyl (C=O) groups is 2. The van der Waals surface area contributed by atoms with Gasteiger partial charge in [-0.2, -0.15) is 0 Å². The molecule has 0 bridgehead atoms. The van der Waals surface area contributed by atoms with Gasteiger partial charge >= 0.3 is 0 Å². The maximum atomic E-state index is 12.2. The molecule has 1 aromatic carbocycles.